The number of carbonyl (C=O) groups excluding carboxylic acids is 3. The molecule has 0 aromatic heterocycles. The van der Waals surface area contributed by atoms with E-state index in [4.69, 9.17) is 9.47 Å². The van der Waals surface area contributed by atoms with E-state index in [0.717, 1.165) is 5.56 Å². The van der Waals surface area contributed by atoms with Crippen LogP contribution in [0.1, 0.15) is 39.7 Å². The van der Waals surface area contributed by atoms with E-state index in [-0.39, 0.29) is 6.61 Å². The van der Waals surface area contributed by atoms with Crippen molar-refractivity contribution in [3.63, 3.8) is 0 Å². The van der Waals surface area contributed by atoms with Gasteiger partial charge in [0.25, 0.3) is 0 Å². The van der Waals surface area contributed by atoms with Gasteiger partial charge >= 0.3 is 12.1 Å². The molecule has 1 rings (SSSR count). The normalized spacial score (nSPS) is 13.2. The van der Waals surface area contributed by atoms with Gasteiger partial charge in [-0.25, -0.2) is 9.59 Å². The maximum Gasteiger partial charge on any atom is 0.408 e. The number of ether oxygens (including phenoxy) is 2. The third-order valence-corrected chi connectivity index (χ3v) is 4.20. The van der Waals surface area contributed by atoms with Crippen molar-refractivity contribution in [2.75, 3.05) is 12.0 Å². The average molecular weight is 411 g/mol. The second-order valence-electron chi connectivity index (χ2n) is 7.30. The highest BCUT2D eigenvalue weighted by molar-refractivity contribution is 7.98. The lowest BCUT2D eigenvalue weighted by molar-refractivity contribution is -0.158. The van der Waals surface area contributed by atoms with Crippen LogP contribution >= 0.6 is 11.8 Å². The lowest BCUT2D eigenvalue weighted by Gasteiger charge is -2.25. The van der Waals surface area contributed by atoms with Crippen LogP contribution in [0, 0.1) is 0 Å². The molecule has 2 unspecified atom stereocenters. The molecule has 2 atom stereocenters. The molecule has 0 fully saturated rings. The van der Waals surface area contributed by atoms with Gasteiger partial charge in [0.05, 0.1) is 0 Å². The topological polar surface area (TPSA) is 93.7 Å². The summed E-state index contributed by atoms with van der Waals surface area (Å²) >= 11 is 1.57. The predicted molar refractivity (Wildman–Crippen MR) is 110 cm³/mol. The summed E-state index contributed by atoms with van der Waals surface area (Å²) in [5.41, 5.74) is 0.196. The van der Waals surface area contributed by atoms with Gasteiger partial charge in [0.2, 0.25) is 5.91 Å². The number of alkyl carbamates (subject to hydrolysis) is 1. The summed E-state index contributed by atoms with van der Waals surface area (Å²) in [5.74, 6) is -0.284. The lowest BCUT2D eigenvalue weighted by atomic mass is 10.1. The van der Waals surface area contributed by atoms with E-state index in [9.17, 15) is 14.4 Å². The molecule has 0 aliphatic carbocycles. The minimum Gasteiger partial charge on any atom is -0.458 e. The first-order chi connectivity index (χ1) is 13.1. The Hall–Kier alpha value is -2.22. The molecule has 2 N–H and O–H groups in total. The van der Waals surface area contributed by atoms with Crippen molar-refractivity contribution < 1.29 is 23.9 Å². The van der Waals surface area contributed by atoms with Crippen LogP contribution in [-0.4, -0.2) is 47.7 Å². The van der Waals surface area contributed by atoms with E-state index in [2.05, 4.69) is 10.6 Å². The zero-order valence-electron chi connectivity index (χ0n) is 17.1. The first-order valence-corrected chi connectivity index (χ1v) is 10.5. The van der Waals surface area contributed by atoms with Crippen LogP contribution in [0.25, 0.3) is 0 Å². The van der Waals surface area contributed by atoms with Crippen molar-refractivity contribution in [1.82, 2.24) is 10.6 Å². The van der Waals surface area contributed by atoms with E-state index in [1.54, 1.807) is 32.5 Å². The van der Waals surface area contributed by atoms with Crippen molar-refractivity contribution in [3.05, 3.63) is 35.9 Å². The number of esters is 1. The van der Waals surface area contributed by atoms with E-state index in [1.807, 2.05) is 36.6 Å². The van der Waals surface area contributed by atoms with Gasteiger partial charge in [-0.3, -0.25) is 4.79 Å². The molecule has 0 spiro atoms. The molecule has 8 heteroatoms. The predicted octanol–water partition coefficient (Wildman–Crippen LogP) is 2.88. The van der Waals surface area contributed by atoms with Crippen molar-refractivity contribution in [1.29, 1.82) is 0 Å². The van der Waals surface area contributed by atoms with Crippen LogP contribution in [0.15, 0.2) is 30.3 Å². The summed E-state index contributed by atoms with van der Waals surface area (Å²) < 4.78 is 10.5. The van der Waals surface area contributed by atoms with Crippen molar-refractivity contribution >= 4 is 29.7 Å². The van der Waals surface area contributed by atoms with Gasteiger partial charge in [-0.15, -0.1) is 0 Å². The lowest BCUT2D eigenvalue weighted by Crippen LogP contribution is -2.51. The first kappa shape index (κ1) is 23.8. The SMILES string of the molecule is CSCCC(NC(=O)C(C)NC(=O)OCc1ccccc1)C(=O)OC(C)(C)C. The largest absolute Gasteiger partial charge is 0.458 e. The minimum atomic E-state index is -0.859. The zero-order chi connectivity index (χ0) is 21.2. The van der Waals surface area contributed by atoms with Crippen molar-refractivity contribution in [2.24, 2.45) is 0 Å². The molecule has 0 aliphatic rings. The van der Waals surface area contributed by atoms with Crippen LogP contribution in [-0.2, 0) is 25.7 Å². The van der Waals surface area contributed by atoms with Crippen LogP contribution < -0.4 is 10.6 Å². The number of hydrogen-bond acceptors (Lipinski definition) is 6. The molecular formula is C20H30N2O5S. The minimum absolute atomic E-state index is 0.106. The van der Waals surface area contributed by atoms with Crippen LogP contribution in [0.3, 0.4) is 0 Å². The fourth-order valence-corrected chi connectivity index (χ4v) is 2.63. The van der Waals surface area contributed by atoms with Gasteiger partial charge in [0, 0.05) is 0 Å². The second-order valence-corrected chi connectivity index (χ2v) is 8.29. The number of nitrogens with one attached hydrogen (secondary N) is 2. The van der Waals surface area contributed by atoms with Crippen LogP contribution in [0.4, 0.5) is 4.79 Å². The summed E-state index contributed by atoms with van der Waals surface area (Å²) in [6.45, 7) is 6.94. The molecule has 0 saturated carbocycles. The van der Waals surface area contributed by atoms with Gasteiger partial charge in [-0.05, 0) is 51.7 Å². The molecule has 0 aliphatic heterocycles. The molecule has 0 heterocycles. The average Bonchev–Trinajstić information content (AvgIpc) is 2.62. The number of rotatable bonds is 9. The number of carbonyl (C=O) groups is 3. The molecule has 1 aromatic carbocycles. The molecule has 0 saturated heterocycles. The van der Waals surface area contributed by atoms with Crippen LogP contribution in [0.2, 0.25) is 0 Å². The molecule has 1 aromatic rings. The van der Waals surface area contributed by atoms with E-state index in [0.29, 0.717) is 12.2 Å². The Labute approximate surface area is 170 Å². The third-order valence-electron chi connectivity index (χ3n) is 3.56. The summed E-state index contributed by atoms with van der Waals surface area (Å²) in [6, 6.07) is 7.59. The van der Waals surface area contributed by atoms with Crippen molar-refractivity contribution in [2.45, 2.75) is 58.4 Å². The van der Waals surface area contributed by atoms with E-state index >= 15 is 0 Å². The zero-order valence-corrected chi connectivity index (χ0v) is 17.9. The maximum atomic E-state index is 12.4. The summed E-state index contributed by atoms with van der Waals surface area (Å²) in [6.07, 6.45) is 1.65. The first-order valence-electron chi connectivity index (χ1n) is 9.11. The maximum absolute atomic E-state index is 12.4. The van der Waals surface area contributed by atoms with Gasteiger partial charge < -0.3 is 20.1 Å². The Morgan fingerprint density at radius 3 is 2.32 bits per heavy atom. The fraction of sp³-hybridized carbons (Fsp3) is 0.550. The van der Waals surface area contributed by atoms with E-state index in [1.165, 1.54) is 6.92 Å². The monoisotopic (exact) mass is 410 g/mol. The smallest absolute Gasteiger partial charge is 0.408 e. The molecule has 0 radical (unpaired) electrons. The van der Waals surface area contributed by atoms with E-state index < -0.39 is 35.7 Å². The Bertz CT molecular complexity index is 646. The molecule has 156 valence electrons. The Balaban J connectivity index is 2.55. The molecule has 28 heavy (non-hydrogen) atoms. The molecule has 0 bridgehead atoms. The van der Waals surface area contributed by atoms with Gasteiger partial charge in [0.1, 0.15) is 24.3 Å². The van der Waals surface area contributed by atoms with Gasteiger partial charge in [0.15, 0.2) is 0 Å². The number of benzene rings is 1. The van der Waals surface area contributed by atoms with Crippen LogP contribution in [0.5, 0.6) is 0 Å². The summed E-state index contributed by atoms with van der Waals surface area (Å²) in [7, 11) is 0. The highest BCUT2D eigenvalue weighted by atomic mass is 32.2. The number of thioether (sulfide) groups is 1. The highest BCUT2D eigenvalue weighted by Crippen LogP contribution is 2.11. The molecule has 7 nitrogen and oxygen atoms in total. The standard InChI is InChI=1S/C20H30N2O5S/c1-14(21-19(25)26-13-15-9-7-6-8-10-15)17(23)22-16(11-12-28-5)18(24)27-20(2,3)4/h6-10,14,16H,11-13H2,1-5H3,(H,21,25)(H,22,23). The van der Waals surface area contributed by atoms with Crippen molar-refractivity contribution in [3.8, 4) is 0 Å². The molecule has 2 amide bonds. The second kappa shape index (κ2) is 11.6. The summed E-state index contributed by atoms with van der Waals surface area (Å²) in [4.78, 5) is 36.6. The van der Waals surface area contributed by atoms with Gasteiger partial charge in [-0.1, -0.05) is 30.3 Å². The third kappa shape index (κ3) is 9.64. The Morgan fingerprint density at radius 1 is 1.11 bits per heavy atom. The summed E-state index contributed by atoms with van der Waals surface area (Å²) in [5, 5.41) is 5.12. The fourth-order valence-electron chi connectivity index (χ4n) is 2.16. The Kier molecular flexibility index (Phi) is 9.85. The highest BCUT2D eigenvalue weighted by Gasteiger charge is 2.28. The Morgan fingerprint density at radius 2 is 1.75 bits per heavy atom. The quantitative estimate of drug-likeness (QED) is 0.608. The van der Waals surface area contributed by atoms with Gasteiger partial charge in [-0.2, -0.15) is 11.8 Å². The number of hydrogen-bond donors (Lipinski definition) is 2. The molecular weight excluding hydrogens is 380 g/mol. The number of amides is 2.